The summed E-state index contributed by atoms with van der Waals surface area (Å²) in [6.45, 7) is 8.92. The van der Waals surface area contributed by atoms with E-state index in [4.69, 9.17) is 34.8 Å². The summed E-state index contributed by atoms with van der Waals surface area (Å²) in [5.41, 5.74) is 2.31. The Bertz CT molecular complexity index is 1510. The summed E-state index contributed by atoms with van der Waals surface area (Å²) in [4.78, 5) is 28.5. The van der Waals surface area contributed by atoms with Crippen molar-refractivity contribution < 1.29 is 18.0 Å². The lowest BCUT2D eigenvalue weighted by Gasteiger charge is -2.32. The van der Waals surface area contributed by atoms with Crippen LogP contribution in [0.25, 0.3) is 0 Å². The molecule has 0 aliphatic rings. The van der Waals surface area contributed by atoms with Crippen molar-refractivity contribution in [3.8, 4) is 0 Å². The topological polar surface area (TPSA) is 86.8 Å². The molecule has 2 amide bonds. The van der Waals surface area contributed by atoms with E-state index in [0.29, 0.717) is 38.4 Å². The van der Waals surface area contributed by atoms with Crippen molar-refractivity contribution in [3.05, 3.63) is 92.4 Å². The molecule has 0 saturated carbocycles. The third kappa shape index (κ3) is 8.38. The fourth-order valence-corrected chi connectivity index (χ4v) is 6.29. The monoisotopic (exact) mass is 637 g/mol. The standard InChI is InChI=1S/C30H34Cl3N3O4S/c1-19(2)16-34-30(38)22(5)35(17-23-8-9-25(32)15-27(23)33)29(37)18-36(28-13-10-24(31)14-21(28)4)41(39,40)26-11-6-20(3)7-12-26/h6-15,19,22H,16-18H2,1-5H3,(H,34,38)/t22-/m1/s1. The Morgan fingerprint density at radius 1 is 0.878 bits per heavy atom. The van der Waals surface area contributed by atoms with E-state index in [1.807, 2.05) is 20.8 Å². The first-order chi connectivity index (χ1) is 19.2. The van der Waals surface area contributed by atoms with Gasteiger partial charge in [-0.2, -0.15) is 0 Å². The quantitative estimate of drug-likeness (QED) is 0.255. The van der Waals surface area contributed by atoms with Gasteiger partial charge >= 0.3 is 0 Å². The number of carbonyl (C=O) groups is 2. The first kappa shape index (κ1) is 32.7. The number of nitrogens with zero attached hydrogens (tertiary/aromatic N) is 2. The maximum atomic E-state index is 14.0. The van der Waals surface area contributed by atoms with Crippen LogP contribution in [0.15, 0.2) is 65.6 Å². The molecule has 0 aliphatic carbocycles. The van der Waals surface area contributed by atoms with Crippen LogP contribution in [0.5, 0.6) is 0 Å². The highest BCUT2D eigenvalue weighted by molar-refractivity contribution is 7.92. The van der Waals surface area contributed by atoms with Crippen molar-refractivity contribution in [1.82, 2.24) is 10.2 Å². The van der Waals surface area contributed by atoms with Crippen molar-refractivity contribution >= 4 is 62.3 Å². The van der Waals surface area contributed by atoms with Crippen LogP contribution < -0.4 is 9.62 Å². The molecule has 11 heteroatoms. The predicted molar refractivity (Wildman–Crippen MR) is 166 cm³/mol. The molecule has 0 heterocycles. The highest BCUT2D eigenvalue weighted by Gasteiger charge is 2.33. The minimum Gasteiger partial charge on any atom is -0.354 e. The highest BCUT2D eigenvalue weighted by Crippen LogP contribution is 2.30. The Kier molecular flexibility index (Phi) is 11.1. The Morgan fingerprint density at radius 2 is 1.49 bits per heavy atom. The molecule has 0 bridgehead atoms. The van der Waals surface area contributed by atoms with Gasteiger partial charge in [-0.15, -0.1) is 0 Å². The average molecular weight is 639 g/mol. The molecule has 0 spiro atoms. The van der Waals surface area contributed by atoms with Gasteiger partial charge in [0, 0.05) is 28.2 Å². The summed E-state index contributed by atoms with van der Waals surface area (Å²) in [5.74, 6) is -0.759. The molecule has 0 unspecified atom stereocenters. The number of anilines is 1. The van der Waals surface area contributed by atoms with Crippen molar-refractivity contribution in [2.45, 2.75) is 52.1 Å². The molecule has 1 N–H and O–H groups in total. The molecular formula is C30H34Cl3N3O4S. The number of nitrogens with one attached hydrogen (secondary N) is 1. The van der Waals surface area contributed by atoms with Crippen LogP contribution in [0.1, 0.15) is 37.5 Å². The lowest BCUT2D eigenvalue weighted by molar-refractivity contribution is -0.139. The Morgan fingerprint density at radius 3 is 2.07 bits per heavy atom. The minimum atomic E-state index is -4.19. The van der Waals surface area contributed by atoms with Crippen molar-refractivity contribution in [3.63, 3.8) is 0 Å². The van der Waals surface area contributed by atoms with Crippen LogP contribution in [-0.2, 0) is 26.2 Å². The number of amides is 2. The number of aryl methyl sites for hydroxylation is 2. The van der Waals surface area contributed by atoms with Gasteiger partial charge in [0.15, 0.2) is 0 Å². The molecule has 0 aromatic heterocycles. The highest BCUT2D eigenvalue weighted by atomic mass is 35.5. The van der Waals surface area contributed by atoms with Crippen LogP contribution in [-0.4, -0.2) is 44.3 Å². The zero-order chi connectivity index (χ0) is 30.5. The smallest absolute Gasteiger partial charge is 0.264 e. The summed E-state index contributed by atoms with van der Waals surface area (Å²) in [6.07, 6.45) is 0. The number of halogens is 3. The van der Waals surface area contributed by atoms with Crippen LogP contribution >= 0.6 is 34.8 Å². The van der Waals surface area contributed by atoms with Crippen LogP contribution in [0, 0.1) is 19.8 Å². The van der Waals surface area contributed by atoms with E-state index in [1.165, 1.54) is 17.0 Å². The van der Waals surface area contributed by atoms with E-state index in [9.17, 15) is 18.0 Å². The lowest BCUT2D eigenvalue weighted by Crippen LogP contribution is -2.51. The SMILES string of the molecule is Cc1ccc(S(=O)(=O)N(CC(=O)N(Cc2ccc(Cl)cc2Cl)[C@H](C)C(=O)NCC(C)C)c2ccc(Cl)cc2C)cc1. The Balaban J connectivity index is 2.07. The van der Waals surface area contributed by atoms with Crippen molar-refractivity contribution in [2.24, 2.45) is 5.92 Å². The van der Waals surface area contributed by atoms with Gasteiger partial charge in [0.1, 0.15) is 12.6 Å². The molecule has 41 heavy (non-hydrogen) atoms. The molecule has 220 valence electrons. The normalized spacial score (nSPS) is 12.2. The summed E-state index contributed by atoms with van der Waals surface area (Å²) in [7, 11) is -4.19. The van der Waals surface area contributed by atoms with E-state index in [2.05, 4.69) is 5.32 Å². The van der Waals surface area contributed by atoms with Gasteiger partial charge in [0.25, 0.3) is 10.0 Å². The van der Waals surface area contributed by atoms with Gasteiger partial charge in [0.05, 0.1) is 10.6 Å². The Labute approximate surface area is 257 Å². The first-order valence-corrected chi connectivity index (χ1v) is 15.6. The summed E-state index contributed by atoms with van der Waals surface area (Å²) in [6, 6.07) is 15.1. The molecule has 3 rings (SSSR count). The van der Waals surface area contributed by atoms with Gasteiger partial charge in [-0.1, -0.05) is 72.4 Å². The fraction of sp³-hybridized carbons (Fsp3) is 0.333. The maximum absolute atomic E-state index is 14.0. The van der Waals surface area contributed by atoms with Crippen molar-refractivity contribution in [1.29, 1.82) is 0 Å². The second-order valence-electron chi connectivity index (χ2n) is 10.3. The maximum Gasteiger partial charge on any atom is 0.264 e. The largest absolute Gasteiger partial charge is 0.354 e. The minimum absolute atomic E-state index is 0.0280. The molecule has 0 saturated heterocycles. The van der Waals surface area contributed by atoms with Gasteiger partial charge < -0.3 is 10.2 Å². The average Bonchev–Trinajstić information content (AvgIpc) is 2.90. The van der Waals surface area contributed by atoms with E-state index < -0.39 is 28.5 Å². The molecule has 7 nitrogen and oxygen atoms in total. The number of rotatable bonds is 11. The molecule has 3 aromatic rings. The van der Waals surface area contributed by atoms with Gasteiger partial charge in [-0.05, 0) is 80.3 Å². The van der Waals surface area contributed by atoms with E-state index in [1.54, 1.807) is 62.4 Å². The number of hydrogen-bond donors (Lipinski definition) is 1. The molecule has 0 fully saturated rings. The number of hydrogen-bond acceptors (Lipinski definition) is 4. The molecule has 0 radical (unpaired) electrons. The van der Waals surface area contributed by atoms with Crippen LogP contribution in [0.3, 0.4) is 0 Å². The van der Waals surface area contributed by atoms with Gasteiger partial charge in [-0.3, -0.25) is 13.9 Å². The summed E-state index contributed by atoms with van der Waals surface area (Å²) < 4.78 is 29.0. The zero-order valence-electron chi connectivity index (χ0n) is 23.6. The first-order valence-electron chi connectivity index (χ1n) is 13.1. The van der Waals surface area contributed by atoms with Crippen LogP contribution in [0.2, 0.25) is 15.1 Å². The van der Waals surface area contributed by atoms with Gasteiger partial charge in [0.2, 0.25) is 11.8 Å². The molecule has 3 aromatic carbocycles. The second-order valence-corrected chi connectivity index (χ2v) is 13.5. The van der Waals surface area contributed by atoms with Crippen molar-refractivity contribution in [2.75, 3.05) is 17.4 Å². The Hall–Kier alpha value is -2.78. The predicted octanol–water partition coefficient (Wildman–Crippen LogP) is 6.65. The zero-order valence-corrected chi connectivity index (χ0v) is 26.7. The molecule has 0 aliphatic heterocycles. The summed E-state index contributed by atoms with van der Waals surface area (Å²) >= 11 is 18.7. The number of sulfonamides is 1. The van der Waals surface area contributed by atoms with Crippen LogP contribution in [0.4, 0.5) is 5.69 Å². The number of benzene rings is 3. The third-order valence-corrected chi connectivity index (χ3v) is 9.12. The van der Waals surface area contributed by atoms with E-state index in [-0.39, 0.29) is 23.3 Å². The fourth-order valence-electron chi connectivity index (χ4n) is 4.12. The second kappa shape index (κ2) is 13.9. The third-order valence-electron chi connectivity index (χ3n) is 6.52. The lowest BCUT2D eigenvalue weighted by atomic mass is 10.1. The molecule has 1 atom stereocenters. The van der Waals surface area contributed by atoms with Gasteiger partial charge in [-0.25, -0.2) is 8.42 Å². The van der Waals surface area contributed by atoms with E-state index in [0.717, 1.165) is 9.87 Å². The number of carbonyl (C=O) groups excluding carboxylic acids is 2. The summed E-state index contributed by atoms with van der Waals surface area (Å²) in [5, 5.41) is 4.03. The molecular weight excluding hydrogens is 605 g/mol. The van der Waals surface area contributed by atoms with E-state index >= 15 is 0 Å².